The number of hydrogen-bond donors (Lipinski definition) is 0. The smallest absolute Gasteiger partial charge is 0.236 e. The molecule has 0 aromatic rings. The van der Waals surface area contributed by atoms with Crippen LogP contribution in [-0.2, 0) is 4.79 Å². The molecule has 3 rings (SSSR count). The summed E-state index contributed by atoms with van der Waals surface area (Å²) in [6.07, 6.45) is 10.3. The van der Waals surface area contributed by atoms with Crippen LogP contribution in [0, 0.1) is 0 Å². The van der Waals surface area contributed by atoms with Crippen LogP contribution < -0.4 is 0 Å². The van der Waals surface area contributed by atoms with Gasteiger partial charge < -0.3 is 9.80 Å². The van der Waals surface area contributed by atoms with Gasteiger partial charge in [-0.2, -0.15) is 0 Å². The SMILES string of the molecule is O=C(CN1CCCCCC1)N1CCC(N2CCCC2)CC1. The van der Waals surface area contributed by atoms with Crippen molar-refractivity contribution in [1.29, 1.82) is 0 Å². The molecule has 0 unspecified atom stereocenters. The number of rotatable bonds is 3. The molecule has 21 heavy (non-hydrogen) atoms. The second-order valence-corrected chi connectivity index (χ2v) is 7.05. The molecule has 3 saturated heterocycles. The van der Waals surface area contributed by atoms with E-state index in [0.29, 0.717) is 12.5 Å². The summed E-state index contributed by atoms with van der Waals surface area (Å²) in [6.45, 7) is 7.43. The Morgan fingerprint density at radius 2 is 1.33 bits per heavy atom. The molecular weight excluding hydrogens is 262 g/mol. The number of amides is 1. The predicted octanol–water partition coefficient (Wildman–Crippen LogP) is 1.95. The van der Waals surface area contributed by atoms with E-state index in [2.05, 4.69) is 14.7 Å². The van der Waals surface area contributed by atoms with E-state index in [4.69, 9.17) is 0 Å². The lowest BCUT2D eigenvalue weighted by Gasteiger charge is -2.37. The number of carbonyl (C=O) groups excluding carboxylic acids is 1. The maximum atomic E-state index is 12.5. The summed E-state index contributed by atoms with van der Waals surface area (Å²) in [5, 5.41) is 0. The van der Waals surface area contributed by atoms with Gasteiger partial charge in [-0.25, -0.2) is 0 Å². The molecule has 0 bridgehead atoms. The molecule has 0 aromatic heterocycles. The summed E-state index contributed by atoms with van der Waals surface area (Å²) in [5.74, 6) is 0.372. The fourth-order valence-corrected chi connectivity index (χ4v) is 4.17. The molecule has 3 aliphatic rings. The zero-order valence-corrected chi connectivity index (χ0v) is 13.4. The van der Waals surface area contributed by atoms with E-state index < -0.39 is 0 Å². The molecule has 1 amide bonds. The molecule has 0 N–H and O–H groups in total. The molecule has 3 aliphatic heterocycles. The third-order valence-electron chi connectivity index (χ3n) is 5.53. The van der Waals surface area contributed by atoms with Gasteiger partial charge >= 0.3 is 0 Å². The van der Waals surface area contributed by atoms with Gasteiger partial charge in [0.05, 0.1) is 6.54 Å². The van der Waals surface area contributed by atoms with Gasteiger partial charge in [-0.15, -0.1) is 0 Å². The summed E-state index contributed by atoms with van der Waals surface area (Å²) < 4.78 is 0. The van der Waals surface area contributed by atoms with Crippen molar-refractivity contribution < 1.29 is 4.79 Å². The molecule has 120 valence electrons. The van der Waals surface area contributed by atoms with Crippen LogP contribution in [0.3, 0.4) is 0 Å². The van der Waals surface area contributed by atoms with Crippen molar-refractivity contribution in [2.75, 3.05) is 45.8 Å². The first-order valence-electron chi connectivity index (χ1n) is 9.07. The molecule has 3 heterocycles. The Hall–Kier alpha value is -0.610. The van der Waals surface area contributed by atoms with Crippen molar-refractivity contribution in [3.05, 3.63) is 0 Å². The van der Waals surface area contributed by atoms with Crippen molar-refractivity contribution in [2.24, 2.45) is 0 Å². The Labute approximate surface area is 129 Å². The van der Waals surface area contributed by atoms with Gasteiger partial charge in [-0.1, -0.05) is 12.8 Å². The standard InChI is InChI=1S/C17H31N3O/c21-17(15-18-9-3-1-2-4-10-18)20-13-7-16(8-14-20)19-11-5-6-12-19/h16H,1-15H2. The Kier molecular flexibility index (Phi) is 5.53. The summed E-state index contributed by atoms with van der Waals surface area (Å²) >= 11 is 0. The lowest BCUT2D eigenvalue weighted by atomic mass is 10.0. The van der Waals surface area contributed by atoms with E-state index in [1.54, 1.807) is 0 Å². The van der Waals surface area contributed by atoms with Crippen molar-refractivity contribution in [3.63, 3.8) is 0 Å². The van der Waals surface area contributed by atoms with Crippen molar-refractivity contribution in [1.82, 2.24) is 14.7 Å². The van der Waals surface area contributed by atoms with E-state index >= 15 is 0 Å². The second-order valence-electron chi connectivity index (χ2n) is 7.05. The van der Waals surface area contributed by atoms with Crippen LogP contribution in [0.1, 0.15) is 51.4 Å². The van der Waals surface area contributed by atoms with Crippen LogP contribution in [0.25, 0.3) is 0 Å². The number of hydrogen-bond acceptors (Lipinski definition) is 3. The first kappa shape index (κ1) is 15.3. The zero-order valence-electron chi connectivity index (χ0n) is 13.4. The van der Waals surface area contributed by atoms with Crippen LogP contribution in [0.5, 0.6) is 0 Å². The van der Waals surface area contributed by atoms with Gasteiger partial charge in [0.1, 0.15) is 0 Å². The molecule has 3 fully saturated rings. The highest BCUT2D eigenvalue weighted by Gasteiger charge is 2.28. The van der Waals surface area contributed by atoms with E-state index in [1.807, 2.05) is 0 Å². The van der Waals surface area contributed by atoms with Gasteiger partial charge in [0.15, 0.2) is 0 Å². The first-order chi connectivity index (χ1) is 10.3. The van der Waals surface area contributed by atoms with Gasteiger partial charge in [-0.3, -0.25) is 9.69 Å². The minimum absolute atomic E-state index is 0.372. The van der Waals surface area contributed by atoms with Gasteiger partial charge in [-0.05, 0) is 64.7 Å². The normalized spacial score (nSPS) is 27.0. The van der Waals surface area contributed by atoms with E-state index in [0.717, 1.165) is 32.2 Å². The predicted molar refractivity (Wildman–Crippen MR) is 85.3 cm³/mol. The molecule has 0 saturated carbocycles. The van der Waals surface area contributed by atoms with Crippen LogP contribution in [-0.4, -0.2) is 72.5 Å². The highest BCUT2D eigenvalue weighted by Crippen LogP contribution is 2.21. The van der Waals surface area contributed by atoms with Crippen molar-refractivity contribution in [2.45, 2.75) is 57.4 Å². The Morgan fingerprint density at radius 1 is 0.762 bits per heavy atom. The lowest BCUT2D eigenvalue weighted by molar-refractivity contribution is -0.134. The van der Waals surface area contributed by atoms with Crippen LogP contribution >= 0.6 is 0 Å². The molecule has 0 aromatic carbocycles. The number of piperidine rings is 1. The topological polar surface area (TPSA) is 26.8 Å². The van der Waals surface area contributed by atoms with Crippen LogP contribution in [0.4, 0.5) is 0 Å². The molecule has 0 atom stereocenters. The fourth-order valence-electron chi connectivity index (χ4n) is 4.17. The van der Waals surface area contributed by atoms with Crippen LogP contribution in [0.15, 0.2) is 0 Å². The molecule has 4 heteroatoms. The number of carbonyl (C=O) groups is 1. The molecule has 0 spiro atoms. The molecule has 0 aliphatic carbocycles. The maximum absolute atomic E-state index is 12.5. The van der Waals surface area contributed by atoms with Gasteiger partial charge in [0, 0.05) is 19.1 Å². The van der Waals surface area contributed by atoms with E-state index in [9.17, 15) is 4.79 Å². The summed E-state index contributed by atoms with van der Waals surface area (Å²) in [4.78, 5) is 19.6. The average Bonchev–Trinajstić information content (AvgIpc) is 2.93. The highest BCUT2D eigenvalue weighted by molar-refractivity contribution is 5.78. The average molecular weight is 293 g/mol. The molecular formula is C17H31N3O. The van der Waals surface area contributed by atoms with Crippen molar-refractivity contribution >= 4 is 5.91 Å². The Bertz CT molecular complexity index is 325. The minimum atomic E-state index is 0.372. The quantitative estimate of drug-likeness (QED) is 0.796. The number of nitrogens with zero attached hydrogens (tertiary/aromatic N) is 3. The van der Waals surface area contributed by atoms with Crippen LogP contribution in [0.2, 0.25) is 0 Å². The Balaban J connectivity index is 1.41. The molecule has 4 nitrogen and oxygen atoms in total. The second kappa shape index (κ2) is 7.59. The van der Waals surface area contributed by atoms with E-state index in [1.165, 1.54) is 64.5 Å². The zero-order chi connectivity index (χ0) is 14.5. The summed E-state index contributed by atoms with van der Waals surface area (Å²) in [7, 11) is 0. The first-order valence-corrected chi connectivity index (χ1v) is 9.07. The lowest BCUT2D eigenvalue weighted by Crippen LogP contribution is -2.48. The van der Waals surface area contributed by atoms with Gasteiger partial charge in [0.25, 0.3) is 0 Å². The third kappa shape index (κ3) is 4.19. The molecule has 0 radical (unpaired) electrons. The summed E-state index contributed by atoms with van der Waals surface area (Å²) in [5.41, 5.74) is 0. The van der Waals surface area contributed by atoms with Crippen molar-refractivity contribution in [3.8, 4) is 0 Å². The monoisotopic (exact) mass is 293 g/mol. The maximum Gasteiger partial charge on any atom is 0.236 e. The van der Waals surface area contributed by atoms with E-state index in [-0.39, 0.29) is 0 Å². The van der Waals surface area contributed by atoms with Gasteiger partial charge in [0.2, 0.25) is 5.91 Å². The number of likely N-dealkylation sites (tertiary alicyclic amines) is 3. The highest BCUT2D eigenvalue weighted by atomic mass is 16.2. The summed E-state index contributed by atoms with van der Waals surface area (Å²) in [6, 6.07) is 0.745. The minimum Gasteiger partial charge on any atom is -0.341 e. The Morgan fingerprint density at radius 3 is 1.95 bits per heavy atom. The largest absolute Gasteiger partial charge is 0.341 e. The fraction of sp³-hybridized carbons (Fsp3) is 0.941. The third-order valence-corrected chi connectivity index (χ3v) is 5.53.